The molecule has 2 aliphatic heterocycles. The van der Waals surface area contributed by atoms with E-state index in [2.05, 4.69) is 15.4 Å². The van der Waals surface area contributed by atoms with Gasteiger partial charge < -0.3 is 19.5 Å². The lowest BCUT2D eigenvalue weighted by Crippen LogP contribution is -2.30. The molecule has 0 saturated carbocycles. The lowest BCUT2D eigenvalue weighted by atomic mass is 9.95. The summed E-state index contributed by atoms with van der Waals surface area (Å²) in [6.45, 7) is 5.66. The average Bonchev–Trinajstić information content (AvgIpc) is 3.20. The molecule has 25 heavy (non-hydrogen) atoms. The van der Waals surface area contributed by atoms with Crippen LogP contribution in [-0.2, 0) is 9.53 Å². The third-order valence-corrected chi connectivity index (χ3v) is 4.07. The van der Waals surface area contributed by atoms with Gasteiger partial charge in [-0.2, -0.15) is 10.1 Å². The number of aromatic nitrogens is 3. The molecule has 130 valence electrons. The first-order valence-electron chi connectivity index (χ1n) is 8.02. The second kappa shape index (κ2) is 5.80. The molecule has 8 nitrogen and oxygen atoms in total. The van der Waals surface area contributed by atoms with Crippen LogP contribution < -0.4 is 14.8 Å². The normalized spacial score (nSPS) is 18.2. The van der Waals surface area contributed by atoms with E-state index >= 15 is 0 Å². The fourth-order valence-corrected chi connectivity index (χ4v) is 3.02. The van der Waals surface area contributed by atoms with Gasteiger partial charge in [0, 0.05) is 5.70 Å². The quantitative estimate of drug-likeness (QED) is 0.856. The number of nitrogens with zero attached hydrogens (tertiary/aromatic N) is 3. The van der Waals surface area contributed by atoms with E-state index in [0.29, 0.717) is 28.7 Å². The van der Waals surface area contributed by atoms with E-state index in [1.807, 2.05) is 39.0 Å². The van der Waals surface area contributed by atoms with Crippen molar-refractivity contribution in [3.8, 4) is 11.5 Å². The van der Waals surface area contributed by atoms with E-state index < -0.39 is 6.04 Å². The molecule has 1 aromatic carbocycles. The van der Waals surface area contributed by atoms with Gasteiger partial charge in [0.25, 0.3) is 0 Å². The molecule has 8 heteroatoms. The number of anilines is 1. The zero-order valence-corrected chi connectivity index (χ0v) is 14.1. The van der Waals surface area contributed by atoms with Gasteiger partial charge in [-0.25, -0.2) is 9.48 Å². The molecule has 1 aromatic heterocycles. The van der Waals surface area contributed by atoms with Crippen molar-refractivity contribution in [3.63, 3.8) is 0 Å². The number of nitrogens with one attached hydrogen (secondary N) is 1. The van der Waals surface area contributed by atoms with Gasteiger partial charge in [-0.15, -0.1) is 0 Å². The van der Waals surface area contributed by atoms with Gasteiger partial charge in [0.2, 0.25) is 12.7 Å². The summed E-state index contributed by atoms with van der Waals surface area (Å²) in [7, 11) is 0. The standard InChI is InChI=1S/C17H18N4O4/c1-9(2)25-16(22)14-10(3)20-17-18-7-19-21(17)15(14)11-4-5-12-13(6-11)24-8-23-12/h4-7,9,15H,8H2,1-3H3,(H,18,19,20)/t15-/m0/s1. The van der Waals surface area contributed by atoms with Crippen LogP contribution in [0.3, 0.4) is 0 Å². The SMILES string of the molecule is CC1=C(C(=O)OC(C)C)[C@H](c2ccc3c(c2)OCO3)n2ncnc2N1. The molecule has 0 aliphatic carbocycles. The van der Waals surface area contributed by atoms with Crippen LogP contribution in [0, 0.1) is 0 Å². The van der Waals surface area contributed by atoms with Crippen molar-refractivity contribution in [2.24, 2.45) is 0 Å². The van der Waals surface area contributed by atoms with Gasteiger partial charge in [-0.3, -0.25) is 0 Å². The van der Waals surface area contributed by atoms with Crippen LogP contribution in [0.1, 0.15) is 32.4 Å². The molecule has 4 rings (SSSR count). The molecule has 0 fully saturated rings. The van der Waals surface area contributed by atoms with Crippen LogP contribution in [0.4, 0.5) is 5.95 Å². The third-order valence-electron chi connectivity index (χ3n) is 4.07. The Kier molecular flexibility index (Phi) is 3.60. The second-order valence-electron chi connectivity index (χ2n) is 6.16. The number of carbonyl (C=O) groups excluding carboxylic acids is 1. The molecule has 2 aromatic rings. The van der Waals surface area contributed by atoms with E-state index in [4.69, 9.17) is 14.2 Å². The summed E-state index contributed by atoms with van der Waals surface area (Å²) < 4.78 is 18.0. The number of rotatable bonds is 3. The molecule has 0 radical (unpaired) electrons. The van der Waals surface area contributed by atoms with Crippen molar-refractivity contribution in [1.29, 1.82) is 0 Å². The maximum atomic E-state index is 12.7. The lowest BCUT2D eigenvalue weighted by Gasteiger charge is -2.28. The summed E-state index contributed by atoms with van der Waals surface area (Å²) in [6.07, 6.45) is 1.23. The number of hydrogen-bond donors (Lipinski definition) is 1. The molecule has 3 heterocycles. The second-order valence-corrected chi connectivity index (χ2v) is 6.16. The predicted molar refractivity (Wildman–Crippen MR) is 88.3 cm³/mol. The Morgan fingerprint density at radius 2 is 2.16 bits per heavy atom. The Labute approximate surface area is 144 Å². The number of fused-ring (bicyclic) bond motifs is 2. The number of allylic oxidation sites excluding steroid dienone is 1. The van der Waals surface area contributed by atoms with E-state index in [1.165, 1.54) is 6.33 Å². The van der Waals surface area contributed by atoms with Crippen molar-refractivity contribution in [2.45, 2.75) is 32.9 Å². The maximum Gasteiger partial charge on any atom is 0.338 e. The molecule has 0 saturated heterocycles. The highest BCUT2D eigenvalue weighted by Crippen LogP contribution is 2.40. The maximum absolute atomic E-state index is 12.7. The number of esters is 1. The van der Waals surface area contributed by atoms with Crippen LogP contribution in [0.2, 0.25) is 0 Å². The minimum atomic E-state index is -0.459. The summed E-state index contributed by atoms with van der Waals surface area (Å²) in [5.74, 6) is 1.51. The van der Waals surface area contributed by atoms with Crippen molar-refractivity contribution < 1.29 is 19.0 Å². The van der Waals surface area contributed by atoms with E-state index in [9.17, 15) is 4.79 Å². The largest absolute Gasteiger partial charge is 0.459 e. The van der Waals surface area contributed by atoms with Crippen molar-refractivity contribution >= 4 is 11.9 Å². The fourth-order valence-electron chi connectivity index (χ4n) is 3.02. The Morgan fingerprint density at radius 1 is 1.36 bits per heavy atom. The van der Waals surface area contributed by atoms with Crippen molar-refractivity contribution in [3.05, 3.63) is 41.4 Å². The van der Waals surface area contributed by atoms with Crippen LogP contribution in [-0.4, -0.2) is 33.6 Å². The number of benzene rings is 1. The van der Waals surface area contributed by atoms with Gasteiger partial charge in [0.05, 0.1) is 11.7 Å². The van der Waals surface area contributed by atoms with Crippen LogP contribution in [0.15, 0.2) is 35.8 Å². The Morgan fingerprint density at radius 3 is 2.96 bits per heavy atom. The first-order valence-corrected chi connectivity index (χ1v) is 8.02. The number of carbonyl (C=O) groups is 1. The highest BCUT2D eigenvalue weighted by atomic mass is 16.7. The van der Waals surface area contributed by atoms with Crippen LogP contribution in [0.5, 0.6) is 11.5 Å². The first kappa shape index (κ1) is 15.5. The number of ether oxygens (including phenoxy) is 3. The van der Waals surface area contributed by atoms with E-state index in [1.54, 1.807) is 4.68 Å². The van der Waals surface area contributed by atoms with Crippen molar-refractivity contribution in [1.82, 2.24) is 14.8 Å². The van der Waals surface area contributed by atoms with Crippen molar-refractivity contribution in [2.75, 3.05) is 12.1 Å². The molecule has 2 aliphatic rings. The monoisotopic (exact) mass is 342 g/mol. The zero-order valence-electron chi connectivity index (χ0n) is 14.1. The first-order chi connectivity index (χ1) is 12.0. The number of hydrogen-bond acceptors (Lipinski definition) is 7. The summed E-state index contributed by atoms with van der Waals surface area (Å²) in [6, 6.07) is 5.13. The van der Waals surface area contributed by atoms with E-state index in [-0.39, 0.29) is 18.9 Å². The highest BCUT2D eigenvalue weighted by Gasteiger charge is 2.35. The molecular formula is C17H18N4O4. The molecular weight excluding hydrogens is 324 g/mol. The Balaban J connectivity index is 1.82. The van der Waals surface area contributed by atoms with Crippen LogP contribution in [0.25, 0.3) is 0 Å². The third kappa shape index (κ3) is 2.59. The zero-order chi connectivity index (χ0) is 17.6. The predicted octanol–water partition coefficient (Wildman–Crippen LogP) is 2.25. The van der Waals surface area contributed by atoms with Gasteiger partial charge >= 0.3 is 5.97 Å². The molecule has 1 atom stereocenters. The summed E-state index contributed by atoms with van der Waals surface area (Å²) in [4.78, 5) is 16.9. The minimum Gasteiger partial charge on any atom is -0.459 e. The fraction of sp³-hybridized carbons (Fsp3) is 0.353. The summed E-state index contributed by atoms with van der Waals surface area (Å²) >= 11 is 0. The molecule has 0 spiro atoms. The Hall–Kier alpha value is -3.03. The average molecular weight is 342 g/mol. The smallest absolute Gasteiger partial charge is 0.338 e. The van der Waals surface area contributed by atoms with E-state index in [0.717, 1.165) is 5.56 Å². The van der Waals surface area contributed by atoms with Gasteiger partial charge in [0.1, 0.15) is 12.4 Å². The molecule has 0 bridgehead atoms. The molecule has 0 amide bonds. The van der Waals surface area contributed by atoms with Gasteiger partial charge in [-0.05, 0) is 38.5 Å². The Bertz CT molecular complexity index is 871. The summed E-state index contributed by atoms with van der Waals surface area (Å²) in [5.41, 5.74) is 2.02. The topological polar surface area (TPSA) is 87.5 Å². The molecule has 1 N–H and O–H groups in total. The lowest BCUT2D eigenvalue weighted by molar-refractivity contribution is -0.143. The van der Waals surface area contributed by atoms with Crippen LogP contribution >= 0.6 is 0 Å². The molecule has 0 unspecified atom stereocenters. The van der Waals surface area contributed by atoms with Gasteiger partial charge in [0.15, 0.2) is 11.5 Å². The minimum absolute atomic E-state index is 0.191. The summed E-state index contributed by atoms with van der Waals surface area (Å²) in [5, 5.41) is 7.39. The van der Waals surface area contributed by atoms with Gasteiger partial charge in [-0.1, -0.05) is 6.07 Å². The highest BCUT2D eigenvalue weighted by molar-refractivity contribution is 5.92.